The van der Waals surface area contributed by atoms with E-state index in [1.54, 1.807) is 11.3 Å². The summed E-state index contributed by atoms with van der Waals surface area (Å²) >= 11 is 1.79. The summed E-state index contributed by atoms with van der Waals surface area (Å²) in [5, 5.41) is 8.77. The zero-order valence-corrected chi connectivity index (χ0v) is 11.3. The quantitative estimate of drug-likeness (QED) is 0.885. The van der Waals surface area contributed by atoms with Gasteiger partial charge in [-0.2, -0.15) is 5.10 Å². The van der Waals surface area contributed by atoms with Crippen LogP contribution in [0.15, 0.2) is 18.6 Å². The number of aryl methyl sites for hydroxylation is 2. The largest absolute Gasteiger partial charge is 0.304 e. The van der Waals surface area contributed by atoms with Crippen LogP contribution in [0, 0.1) is 0 Å². The predicted octanol–water partition coefficient (Wildman–Crippen LogP) is 2.29. The average molecular weight is 250 g/mol. The summed E-state index contributed by atoms with van der Waals surface area (Å²) in [6.07, 6.45) is 6.95. The third kappa shape index (κ3) is 3.14. The molecule has 0 aromatic carbocycles. The van der Waals surface area contributed by atoms with Crippen molar-refractivity contribution in [2.45, 2.75) is 32.9 Å². The maximum atomic E-state index is 4.44. The Morgan fingerprint density at radius 1 is 1.47 bits per heavy atom. The summed E-state index contributed by atoms with van der Waals surface area (Å²) in [5.41, 5.74) is 1.20. The lowest BCUT2D eigenvalue weighted by atomic mass is 10.3. The molecule has 0 aliphatic heterocycles. The van der Waals surface area contributed by atoms with Crippen molar-refractivity contribution in [1.82, 2.24) is 20.1 Å². The molecule has 0 amide bonds. The number of nitrogens with one attached hydrogen (secondary N) is 1. The van der Waals surface area contributed by atoms with Crippen LogP contribution < -0.4 is 5.32 Å². The van der Waals surface area contributed by atoms with Gasteiger partial charge in [0.05, 0.1) is 12.2 Å². The zero-order chi connectivity index (χ0) is 12.3. The highest BCUT2D eigenvalue weighted by Gasteiger charge is 2.09. The molecule has 0 spiro atoms. The summed E-state index contributed by atoms with van der Waals surface area (Å²) in [6, 6.07) is 0.292. The number of hydrogen-bond acceptors (Lipinski definition) is 4. The first-order chi connectivity index (χ1) is 8.19. The van der Waals surface area contributed by atoms with E-state index in [4.69, 9.17) is 0 Å². The van der Waals surface area contributed by atoms with Crippen molar-refractivity contribution in [3.63, 3.8) is 0 Å². The Kier molecular flexibility index (Phi) is 3.91. The smallest absolute Gasteiger partial charge is 0.109 e. The Morgan fingerprint density at radius 3 is 2.88 bits per heavy atom. The predicted molar refractivity (Wildman–Crippen MR) is 70.0 cm³/mol. The van der Waals surface area contributed by atoms with E-state index in [1.165, 1.54) is 10.4 Å². The molecule has 5 heteroatoms. The molecule has 0 fully saturated rings. The standard InChI is InChI=1S/C12H18N4S/c1-4-11-7-14-12(17-11)9(2)13-5-10-6-15-16(3)8-10/h6-9,13H,4-5H2,1-3H3. The molecule has 4 nitrogen and oxygen atoms in total. The number of aromatic nitrogens is 3. The van der Waals surface area contributed by atoms with Crippen LogP contribution in [0.2, 0.25) is 0 Å². The SMILES string of the molecule is CCc1cnc(C(C)NCc2cnn(C)c2)s1. The molecular formula is C12H18N4S. The molecule has 0 aliphatic carbocycles. The molecule has 2 aromatic heterocycles. The van der Waals surface area contributed by atoms with Gasteiger partial charge in [0, 0.05) is 36.4 Å². The Hall–Kier alpha value is -1.20. The minimum absolute atomic E-state index is 0.292. The van der Waals surface area contributed by atoms with Gasteiger partial charge in [0.15, 0.2) is 0 Å². The molecule has 2 heterocycles. The van der Waals surface area contributed by atoms with Crippen LogP contribution in [0.4, 0.5) is 0 Å². The summed E-state index contributed by atoms with van der Waals surface area (Å²) in [7, 11) is 1.93. The van der Waals surface area contributed by atoms with E-state index in [9.17, 15) is 0 Å². The molecule has 92 valence electrons. The van der Waals surface area contributed by atoms with Crippen molar-refractivity contribution in [3.8, 4) is 0 Å². The van der Waals surface area contributed by atoms with Gasteiger partial charge in [0.1, 0.15) is 5.01 Å². The Labute approximate surface area is 106 Å². The van der Waals surface area contributed by atoms with Crippen LogP contribution in [0.5, 0.6) is 0 Å². The average Bonchev–Trinajstić information content (AvgIpc) is 2.94. The maximum absolute atomic E-state index is 4.44. The van der Waals surface area contributed by atoms with Gasteiger partial charge in [-0.15, -0.1) is 11.3 Å². The van der Waals surface area contributed by atoms with Crippen LogP contribution >= 0.6 is 11.3 Å². The van der Waals surface area contributed by atoms with Gasteiger partial charge in [0.25, 0.3) is 0 Å². The van der Waals surface area contributed by atoms with Crippen molar-refractivity contribution >= 4 is 11.3 Å². The van der Waals surface area contributed by atoms with Crippen molar-refractivity contribution in [1.29, 1.82) is 0 Å². The molecule has 0 radical (unpaired) electrons. The zero-order valence-electron chi connectivity index (χ0n) is 10.5. The van der Waals surface area contributed by atoms with Gasteiger partial charge in [-0.1, -0.05) is 6.92 Å². The first-order valence-electron chi connectivity index (χ1n) is 5.84. The molecule has 1 unspecified atom stereocenters. The molecule has 0 aliphatic rings. The first kappa shape index (κ1) is 12.3. The highest BCUT2D eigenvalue weighted by Crippen LogP contribution is 2.20. The van der Waals surface area contributed by atoms with Crippen molar-refractivity contribution in [2.75, 3.05) is 0 Å². The number of nitrogens with zero attached hydrogens (tertiary/aromatic N) is 3. The van der Waals surface area contributed by atoms with Crippen molar-refractivity contribution < 1.29 is 0 Å². The van der Waals surface area contributed by atoms with Gasteiger partial charge in [0.2, 0.25) is 0 Å². The molecule has 2 rings (SSSR count). The second kappa shape index (κ2) is 5.42. The fourth-order valence-corrected chi connectivity index (χ4v) is 2.49. The summed E-state index contributed by atoms with van der Waals surface area (Å²) in [5.74, 6) is 0. The lowest BCUT2D eigenvalue weighted by Gasteiger charge is -2.09. The van der Waals surface area contributed by atoms with Gasteiger partial charge in [-0.25, -0.2) is 4.98 Å². The van der Waals surface area contributed by atoms with E-state index in [0.29, 0.717) is 6.04 Å². The van der Waals surface area contributed by atoms with E-state index in [2.05, 4.69) is 29.2 Å². The minimum atomic E-state index is 0.292. The topological polar surface area (TPSA) is 42.7 Å². The second-order valence-electron chi connectivity index (χ2n) is 4.14. The lowest BCUT2D eigenvalue weighted by Crippen LogP contribution is -2.17. The summed E-state index contributed by atoms with van der Waals surface area (Å²) in [6.45, 7) is 5.13. The summed E-state index contributed by atoms with van der Waals surface area (Å²) in [4.78, 5) is 5.78. The number of rotatable bonds is 5. The fraction of sp³-hybridized carbons (Fsp3) is 0.500. The molecule has 0 saturated carbocycles. The summed E-state index contributed by atoms with van der Waals surface area (Å²) < 4.78 is 1.82. The monoisotopic (exact) mass is 250 g/mol. The molecule has 17 heavy (non-hydrogen) atoms. The van der Waals surface area contributed by atoms with E-state index < -0.39 is 0 Å². The first-order valence-corrected chi connectivity index (χ1v) is 6.66. The fourth-order valence-electron chi connectivity index (χ4n) is 1.61. The van der Waals surface area contributed by atoms with Crippen LogP contribution in [0.25, 0.3) is 0 Å². The third-order valence-electron chi connectivity index (χ3n) is 2.66. The number of hydrogen-bond donors (Lipinski definition) is 1. The van der Waals surface area contributed by atoms with Crippen LogP contribution in [-0.4, -0.2) is 14.8 Å². The van der Waals surface area contributed by atoms with Crippen molar-refractivity contribution in [3.05, 3.63) is 34.0 Å². The molecule has 0 bridgehead atoms. The molecule has 1 N–H and O–H groups in total. The van der Waals surface area contributed by atoms with Gasteiger partial charge >= 0.3 is 0 Å². The van der Waals surface area contributed by atoms with Crippen LogP contribution in [0.1, 0.15) is 35.3 Å². The molecule has 0 saturated heterocycles. The minimum Gasteiger partial charge on any atom is -0.304 e. The Morgan fingerprint density at radius 2 is 2.29 bits per heavy atom. The maximum Gasteiger partial charge on any atom is 0.109 e. The lowest BCUT2D eigenvalue weighted by molar-refractivity contribution is 0.571. The second-order valence-corrected chi connectivity index (χ2v) is 5.29. The van der Waals surface area contributed by atoms with Gasteiger partial charge < -0.3 is 5.32 Å². The normalized spacial score (nSPS) is 12.9. The number of thiazole rings is 1. The molecular weight excluding hydrogens is 232 g/mol. The van der Waals surface area contributed by atoms with Crippen LogP contribution in [-0.2, 0) is 20.0 Å². The van der Waals surface area contributed by atoms with E-state index in [0.717, 1.165) is 18.0 Å². The van der Waals surface area contributed by atoms with E-state index >= 15 is 0 Å². The van der Waals surface area contributed by atoms with Gasteiger partial charge in [-0.05, 0) is 13.3 Å². The van der Waals surface area contributed by atoms with Gasteiger partial charge in [-0.3, -0.25) is 4.68 Å². The highest BCUT2D eigenvalue weighted by molar-refractivity contribution is 7.11. The van der Waals surface area contributed by atoms with Crippen LogP contribution in [0.3, 0.4) is 0 Å². The third-order valence-corrected chi connectivity index (χ3v) is 3.99. The highest BCUT2D eigenvalue weighted by atomic mass is 32.1. The Bertz CT molecular complexity index is 474. The Balaban J connectivity index is 1.90. The van der Waals surface area contributed by atoms with E-state index in [1.807, 2.05) is 30.3 Å². The van der Waals surface area contributed by atoms with Crippen molar-refractivity contribution in [2.24, 2.45) is 7.05 Å². The molecule has 1 atom stereocenters. The molecule has 2 aromatic rings. The van der Waals surface area contributed by atoms with E-state index in [-0.39, 0.29) is 0 Å².